The quantitative estimate of drug-likeness (QED) is 0.259. The third-order valence-electron chi connectivity index (χ3n) is 2.86. The minimum absolute atomic E-state index is 0.123. The van der Waals surface area contributed by atoms with Gasteiger partial charge in [0.05, 0.1) is 12.7 Å². The van der Waals surface area contributed by atoms with Crippen molar-refractivity contribution in [2.45, 2.75) is 13.8 Å². The molecule has 5 nitrogen and oxygen atoms in total. The molecule has 0 atom stereocenters. The first-order chi connectivity index (χ1) is 11.4. The van der Waals surface area contributed by atoms with Crippen molar-refractivity contribution in [2.75, 3.05) is 7.11 Å². The molecule has 126 valence electrons. The molecule has 0 N–H and O–H groups in total. The zero-order chi connectivity index (χ0) is 18.1. The Balaban J connectivity index is 3.27. The Morgan fingerprint density at radius 3 is 2.62 bits per heavy atom. The Labute approximate surface area is 140 Å². The van der Waals surface area contributed by atoms with E-state index >= 15 is 0 Å². The summed E-state index contributed by atoms with van der Waals surface area (Å²) in [5, 5.41) is 7.32. The van der Waals surface area contributed by atoms with E-state index in [2.05, 4.69) is 28.2 Å². The Kier molecular flexibility index (Phi) is 7.29. The average molecular weight is 330 g/mol. The maximum Gasteiger partial charge on any atom is 0.340 e. The summed E-state index contributed by atoms with van der Waals surface area (Å²) < 4.78 is 23.9. The van der Waals surface area contributed by atoms with E-state index in [1.807, 2.05) is 13.0 Å². The Morgan fingerprint density at radius 1 is 1.38 bits per heavy atom. The Morgan fingerprint density at radius 2 is 2.08 bits per heavy atom. The average Bonchev–Trinajstić information content (AvgIpc) is 2.56. The summed E-state index contributed by atoms with van der Waals surface area (Å²) in [5.74, 6) is -1.19. The Hall–Kier alpha value is -3.02. The van der Waals surface area contributed by atoms with Crippen LogP contribution < -0.4 is 4.74 Å². The van der Waals surface area contributed by atoms with Gasteiger partial charge in [0.2, 0.25) is 5.90 Å². The molecule has 1 aromatic carbocycles. The van der Waals surface area contributed by atoms with Gasteiger partial charge in [-0.1, -0.05) is 18.7 Å². The number of carbonyl (C=O) groups is 1. The lowest BCUT2D eigenvalue weighted by molar-refractivity contribution is 0.0595. The number of hydrogen-bond donors (Lipinski definition) is 0. The number of rotatable bonds is 6. The molecule has 0 radical (unpaired) electrons. The van der Waals surface area contributed by atoms with E-state index in [1.54, 1.807) is 19.1 Å². The molecule has 1 aromatic rings. The van der Waals surface area contributed by atoms with E-state index in [0.717, 1.165) is 6.07 Å². The van der Waals surface area contributed by atoms with Crippen LogP contribution in [0.1, 0.15) is 24.2 Å². The second kappa shape index (κ2) is 9.19. The molecular weight excluding hydrogens is 311 g/mol. The molecule has 0 bridgehead atoms. The van der Waals surface area contributed by atoms with Crippen molar-refractivity contribution in [2.24, 2.45) is 10.2 Å². The summed E-state index contributed by atoms with van der Waals surface area (Å²) in [6.45, 7) is 10.8. The number of benzene rings is 1. The van der Waals surface area contributed by atoms with Gasteiger partial charge in [-0.05, 0) is 43.7 Å². The highest BCUT2D eigenvalue weighted by Gasteiger charge is 2.16. The van der Waals surface area contributed by atoms with Gasteiger partial charge >= 0.3 is 5.97 Å². The number of nitrogens with zero attached hydrogens (tertiary/aromatic N) is 2. The smallest absolute Gasteiger partial charge is 0.340 e. The van der Waals surface area contributed by atoms with Gasteiger partial charge in [-0.3, -0.25) is 0 Å². The van der Waals surface area contributed by atoms with Crippen LogP contribution in [0.4, 0.5) is 4.39 Å². The minimum atomic E-state index is -0.803. The number of esters is 1. The van der Waals surface area contributed by atoms with Crippen molar-refractivity contribution < 1.29 is 18.7 Å². The highest BCUT2D eigenvalue weighted by Crippen LogP contribution is 2.21. The molecule has 6 heteroatoms. The van der Waals surface area contributed by atoms with Crippen LogP contribution >= 0.6 is 0 Å². The molecule has 0 amide bonds. The third-order valence-corrected chi connectivity index (χ3v) is 2.86. The maximum atomic E-state index is 13.7. The molecule has 0 saturated heterocycles. The zero-order valence-electron chi connectivity index (χ0n) is 13.9. The summed E-state index contributed by atoms with van der Waals surface area (Å²) in [7, 11) is 1.17. The van der Waals surface area contributed by atoms with Gasteiger partial charge in [-0.2, -0.15) is 5.10 Å². The van der Waals surface area contributed by atoms with Crippen LogP contribution in [0, 0.1) is 5.82 Å². The first kappa shape index (κ1) is 19.0. The first-order valence-corrected chi connectivity index (χ1v) is 7.03. The summed E-state index contributed by atoms with van der Waals surface area (Å²) >= 11 is 0. The molecule has 1 rings (SSSR count). The van der Waals surface area contributed by atoms with E-state index < -0.39 is 11.8 Å². The van der Waals surface area contributed by atoms with E-state index in [9.17, 15) is 9.18 Å². The molecule has 0 saturated carbocycles. The summed E-state index contributed by atoms with van der Waals surface area (Å²) in [6.07, 6.45) is 5.36. The van der Waals surface area contributed by atoms with Gasteiger partial charge in [0.15, 0.2) is 0 Å². The third kappa shape index (κ3) is 5.01. The van der Waals surface area contributed by atoms with E-state index in [4.69, 9.17) is 4.74 Å². The predicted octanol–water partition coefficient (Wildman–Crippen LogP) is 4.08. The summed E-state index contributed by atoms with van der Waals surface area (Å²) in [6, 6.07) is 3.70. The first-order valence-electron chi connectivity index (χ1n) is 7.03. The highest BCUT2D eigenvalue weighted by molar-refractivity contribution is 5.99. The van der Waals surface area contributed by atoms with E-state index in [0.29, 0.717) is 11.1 Å². The van der Waals surface area contributed by atoms with Crippen molar-refractivity contribution in [3.63, 3.8) is 0 Å². The molecule has 0 heterocycles. The van der Waals surface area contributed by atoms with Crippen LogP contribution in [-0.4, -0.2) is 25.7 Å². The van der Waals surface area contributed by atoms with Crippen LogP contribution in [0.15, 0.2) is 64.4 Å². The number of halogens is 1. The van der Waals surface area contributed by atoms with Gasteiger partial charge in [0.25, 0.3) is 0 Å². The highest BCUT2D eigenvalue weighted by atomic mass is 19.1. The number of ether oxygens (including phenoxy) is 2. The Bertz CT molecular complexity index is 734. The molecule has 24 heavy (non-hydrogen) atoms. The SMILES string of the molecule is C=N\N=C(Oc1ccc(F)c(C(=O)OC)c1)/C(=C/C=C\C)C(=C)C. The molecule has 0 aliphatic carbocycles. The largest absolute Gasteiger partial charge is 0.465 e. The van der Waals surface area contributed by atoms with Gasteiger partial charge in [-0.15, -0.1) is 5.10 Å². The van der Waals surface area contributed by atoms with E-state index in [1.165, 1.54) is 19.2 Å². The van der Waals surface area contributed by atoms with Crippen LogP contribution in [0.25, 0.3) is 0 Å². The van der Waals surface area contributed by atoms with Gasteiger partial charge in [0, 0.05) is 12.3 Å². The lowest BCUT2D eigenvalue weighted by Gasteiger charge is -2.12. The summed E-state index contributed by atoms with van der Waals surface area (Å²) in [4.78, 5) is 11.6. The fraction of sp³-hybridized carbons (Fsp3) is 0.167. The van der Waals surface area contributed by atoms with Crippen LogP contribution in [0.3, 0.4) is 0 Å². The molecule has 0 aliphatic heterocycles. The number of allylic oxidation sites excluding steroid dienone is 3. The van der Waals surface area contributed by atoms with Crippen molar-refractivity contribution in [1.29, 1.82) is 0 Å². The molecule has 0 fully saturated rings. The fourth-order valence-electron chi connectivity index (χ4n) is 1.73. The molecule has 0 unspecified atom stereocenters. The van der Waals surface area contributed by atoms with Gasteiger partial charge in [-0.25, -0.2) is 9.18 Å². The molecule has 0 aliphatic rings. The fourth-order valence-corrected chi connectivity index (χ4v) is 1.73. The zero-order valence-corrected chi connectivity index (χ0v) is 13.9. The second-order valence-electron chi connectivity index (χ2n) is 4.67. The molecule has 0 aromatic heterocycles. The molecule has 0 spiro atoms. The predicted molar refractivity (Wildman–Crippen MR) is 93.1 cm³/mol. The monoisotopic (exact) mass is 330 g/mol. The lowest BCUT2D eigenvalue weighted by atomic mass is 10.1. The second-order valence-corrected chi connectivity index (χ2v) is 4.67. The number of hydrogen-bond acceptors (Lipinski definition) is 5. The van der Waals surface area contributed by atoms with Crippen LogP contribution in [-0.2, 0) is 4.74 Å². The van der Waals surface area contributed by atoms with Crippen molar-refractivity contribution >= 4 is 18.6 Å². The van der Waals surface area contributed by atoms with Gasteiger partial charge < -0.3 is 9.47 Å². The van der Waals surface area contributed by atoms with Crippen LogP contribution in [0.5, 0.6) is 5.75 Å². The standard InChI is InChI=1S/C18H19FN2O3/c1-6-7-8-14(12(2)3)17(21-20-4)24-13-9-10-16(19)15(11-13)18(22)23-5/h6-11H,2,4H2,1,3,5H3/b7-6-,14-8+,21-17+. The summed E-state index contributed by atoms with van der Waals surface area (Å²) in [5.41, 5.74) is 1.03. The number of carbonyl (C=O) groups excluding carboxylic acids is 1. The topological polar surface area (TPSA) is 60.2 Å². The minimum Gasteiger partial charge on any atom is -0.465 e. The van der Waals surface area contributed by atoms with Gasteiger partial charge in [0.1, 0.15) is 11.6 Å². The lowest BCUT2D eigenvalue weighted by Crippen LogP contribution is -2.13. The maximum absolute atomic E-state index is 13.7. The van der Waals surface area contributed by atoms with E-state index in [-0.39, 0.29) is 17.2 Å². The molecular formula is C18H19FN2O3. The van der Waals surface area contributed by atoms with Crippen molar-refractivity contribution in [3.05, 3.63) is 65.5 Å². The van der Waals surface area contributed by atoms with Crippen LogP contribution in [0.2, 0.25) is 0 Å². The normalized spacial score (nSPS) is 12.2. The number of methoxy groups -OCH3 is 1. The van der Waals surface area contributed by atoms with Crippen molar-refractivity contribution in [1.82, 2.24) is 0 Å². The van der Waals surface area contributed by atoms with Crippen molar-refractivity contribution in [3.8, 4) is 5.75 Å².